The molecule has 2 aromatic carbocycles. The number of oxime groups is 1. The average molecular weight is 355 g/mol. The first kappa shape index (κ1) is 14.7. The summed E-state index contributed by atoms with van der Waals surface area (Å²) in [5.41, 5.74) is 8.25. The first-order chi connectivity index (χ1) is 9.60. The third kappa shape index (κ3) is 3.65. The molecule has 0 bridgehead atoms. The normalized spacial score (nSPS) is 11.4. The van der Waals surface area contributed by atoms with Crippen molar-refractivity contribution in [3.63, 3.8) is 0 Å². The lowest BCUT2D eigenvalue weighted by molar-refractivity contribution is 0.318. The molecule has 0 amide bonds. The Labute approximate surface area is 130 Å². The van der Waals surface area contributed by atoms with E-state index in [1.165, 1.54) is 0 Å². The molecule has 20 heavy (non-hydrogen) atoms. The van der Waals surface area contributed by atoms with Crippen molar-refractivity contribution < 1.29 is 5.21 Å². The van der Waals surface area contributed by atoms with Gasteiger partial charge in [0.05, 0.1) is 5.02 Å². The van der Waals surface area contributed by atoms with E-state index in [0.717, 1.165) is 15.7 Å². The van der Waals surface area contributed by atoms with Crippen LogP contribution in [0.15, 0.2) is 52.1 Å². The zero-order valence-electron chi connectivity index (χ0n) is 10.5. The summed E-state index contributed by atoms with van der Waals surface area (Å²) in [5, 5.41) is 15.5. The van der Waals surface area contributed by atoms with E-state index in [-0.39, 0.29) is 5.84 Å². The van der Waals surface area contributed by atoms with Crippen molar-refractivity contribution in [3.05, 3.63) is 63.1 Å². The van der Waals surface area contributed by atoms with Crippen LogP contribution in [0.1, 0.15) is 11.1 Å². The highest BCUT2D eigenvalue weighted by molar-refractivity contribution is 9.10. The summed E-state index contributed by atoms with van der Waals surface area (Å²) < 4.78 is 0.853. The van der Waals surface area contributed by atoms with E-state index in [1.54, 1.807) is 0 Å². The van der Waals surface area contributed by atoms with Gasteiger partial charge < -0.3 is 16.3 Å². The lowest BCUT2D eigenvalue weighted by Gasteiger charge is -2.08. The maximum atomic E-state index is 8.59. The SMILES string of the molecule is N/C(=N/O)c1ccc(CNc2ccc(Cl)c(Br)c2)cc1. The Morgan fingerprint density at radius 3 is 2.55 bits per heavy atom. The van der Waals surface area contributed by atoms with Crippen molar-refractivity contribution in [1.82, 2.24) is 0 Å². The molecular weight excluding hydrogens is 342 g/mol. The van der Waals surface area contributed by atoms with Gasteiger partial charge in [-0.15, -0.1) is 0 Å². The monoisotopic (exact) mass is 353 g/mol. The minimum Gasteiger partial charge on any atom is -0.409 e. The summed E-state index contributed by atoms with van der Waals surface area (Å²) >= 11 is 9.32. The number of nitrogens with zero attached hydrogens (tertiary/aromatic N) is 1. The number of rotatable bonds is 4. The number of halogens is 2. The molecular formula is C14H13BrClN3O. The van der Waals surface area contributed by atoms with Gasteiger partial charge in [0.2, 0.25) is 0 Å². The quantitative estimate of drug-likeness (QED) is 0.338. The Morgan fingerprint density at radius 2 is 1.95 bits per heavy atom. The Morgan fingerprint density at radius 1 is 1.25 bits per heavy atom. The van der Waals surface area contributed by atoms with E-state index in [2.05, 4.69) is 26.4 Å². The van der Waals surface area contributed by atoms with E-state index >= 15 is 0 Å². The number of hydrogen-bond acceptors (Lipinski definition) is 3. The molecule has 104 valence electrons. The fraction of sp³-hybridized carbons (Fsp3) is 0.0714. The van der Waals surface area contributed by atoms with Crippen LogP contribution in [0.2, 0.25) is 5.02 Å². The molecule has 0 fully saturated rings. The first-order valence-electron chi connectivity index (χ1n) is 5.86. The third-order valence-electron chi connectivity index (χ3n) is 2.77. The van der Waals surface area contributed by atoms with Gasteiger partial charge in [0.1, 0.15) is 0 Å². The van der Waals surface area contributed by atoms with Crippen LogP contribution in [0, 0.1) is 0 Å². The third-order valence-corrected chi connectivity index (χ3v) is 3.99. The van der Waals surface area contributed by atoms with Gasteiger partial charge in [0, 0.05) is 22.3 Å². The standard InChI is InChI=1S/C14H13BrClN3O/c15-12-7-11(5-6-13(12)16)18-8-9-1-3-10(4-2-9)14(17)19-20/h1-7,18,20H,8H2,(H2,17,19). The van der Waals surface area contributed by atoms with E-state index in [0.29, 0.717) is 17.1 Å². The van der Waals surface area contributed by atoms with E-state index in [1.807, 2.05) is 42.5 Å². The van der Waals surface area contributed by atoms with Crippen molar-refractivity contribution >= 4 is 39.1 Å². The second kappa shape index (κ2) is 6.63. The maximum Gasteiger partial charge on any atom is 0.170 e. The van der Waals surface area contributed by atoms with Crippen molar-refractivity contribution in [2.45, 2.75) is 6.54 Å². The van der Waals surface area contributed by atoms with Crippen molar-refractivity contribution in [2.24, 2.45) is 10.9 Å². The van der Waals surface area contributed by atoms with Crippen LogP contribution in [0.5, 0.6) is 0 Å². The molecule has 4 nitrogen and oxygen atoms in total. The minimum absolute atomic E-state index is 0.103. The molecule has 0 saturated carbocycles. The van der Waals surface area contributed by atoms with Gasteiger partial charge in [-0.05, 0) is 39.7 Å². The first-order valence-corrected chi connectivity index (χ1v) is 7.03. The average Bonchev–Trinajstić information content (AvgIpc) is 2.48. The molecule has 2 rings (SSSR count). The largest absolute Gasteiger partial charge is 0.409 e. The van der Waals surface area contributed by atoms with Crippen LogP contribution in [0.4, 0.5) is 5.69 Å². The molecule has 0 radical (unpaired) electrons. The van der Waals surface area contributed by atoms with Crippen LogP contribution in [-0.2, 0) is 6.54 Å². The molecule has 0 aliphatic heterocycles. The fourth-order valence-electron chi connectivity index (χ4n) is 1.66. The van der Waals surface area contributed by atoms with Crippen molar-refractivity contribution in [2.75, 3.05) is 5.32 Å². The Bertz CT molecular complexity index is 629. The molecule has 0 spiro atoms. The number of anilines is 1. The molecule has 6 heteroatoms. The highest BCUT2D eigenvalue weighted by Gasteiger charge is 2.01. The smallest absolute Gasteiger partial charge is 0.170 e. The number of nitrogens with two attached hydrogens (primary N) is 1. The van der Waals surface area contributed by atoms with Crippen molar-refractivity contribution in [1.29, 1.82) is 0 Å². The zero-order chi connectivity index (χ0) is 14.5. The molecule has 0 aliphatic carbocycles. The number of benzene rings is 2. The van der Waals surface area contributed by atoms with E-state index < -0.39 is 0 Å². The molecule has 0 aliphatic rings. The second-order valence-corrected chi connectivity index (χ2v) is 5.43. The van der Waals surface area contributed by atoms with E-state index in [9.17, 15) is 0 Å². The van der Waals surface area contributed by atoms with Gasteiger partial charge in [-0.25, -0.2) is 0 Å². The van der Waals surface area contributed by atoms with Gasteiger partial charge in [0.25, 0.3) is 0 Å². The van der Waals surface area contributed by atoms with Crippen LogP contribution >= 0.6 is 27.5 Å². The highest BCUT2D eigenvalue weighted by Crippen LogP contribution is 2.25. The molecule has 0 atom stereocenters. The van der Waals surface area contributed by atoms with E-state index in [4.69, 9.17) is 22.5 Å². The summed E-state index contributed by atoms with van der Waals surface area (Å²) in [6.07, 6.45) is 0. The Balaban J connectivity index is 2.02. The summed E-state index contributed by atoms with van der Waals surface area (Å²) in [6.45, 7) is 0.671. The van der Waals surface area contributed by atoms with Crippen LogP contribution in [0.3, 0.4) is 0 Å². The molecule has 2 aromatic rings. The summed E-state index contributed by atoms with van der Waals surface area (Å²) in [6, 6.07) is 13.1. The Hall–Kier alpha value is -1.72. The van der Waals surface area contributed by atoms with Crippen LogP contribution in [0.25, 0.3) is 0 Å². The second-order valence-electron chi connectivity index (χ2n) is 4.16. The van der Waals surface area contributed by atoms with Crippen molar-refractivity contribution in [3.8, 4) is 0 Å². The number of hydrogen-bond donors (Lipinski definition) is 3. The molecule has 0 aromatic heterocycles. The summed E-state index contributed by atoms with van der Waals surface area (Å²) in [5.74, 6) is 0.103. The lowest BCUT2D eigenvalue weighted by atomic mass is 10.1. The maximum absolute atomic E-state index is 8.59. The predicted octanol–water partition coefficient (Wildman–Crippen LogP) is 3.81. The zero-order valence-corrected chi connectivity index (χ0v) is 12.8. The molecule has 0 saturated heterocycles. The van der Waals surface area contributed by atoms with Gasteiger partial charge >= 0.3 is 0 Å². The van der Waals surface area contributed by atoms with Gasteiger partial charge in [-0.2, -0.15) is 0 Å². The van der Waals surface area contributed by atoms with Crippen LogP contribution in [-0.4, -0.2) is 11.0 Å². The topological polar surface area (TPSA) is 70.6 Å². The highest BCUT2D eigenvalue weighted by atomic mass is 79.9. The van der Waals surface area contributed by atoms with Gasteiger partial charge in [-0.1, -0.05) is 41.0 Å². The minimum atomic E-state index is 0.103. The fourth-order valence-corrected chi connectivity index (χ4v) is 2.16. The molecule has 4 N–H and O–H groups in total. The van der Waals surface area contributed by atoms with Gasteiger partial charge in [-0.3, -0.25) is 0 Å². The molecule has 0 heterocycles. The van der Waals surface area contributed by atoms with Gasteiger partial charge in [0.15, 0.2) is 5.84 Å². The number of nitrogens with one attached hydrogen (secondary N) is 1. The lowest BCUT2D eigenvalue weighted by Crippen LogP contribution is -2.13. The summed E-state index contributed by atoms with van der Waals surface area (Å²) in [7, 11) is 0. The number of amidine groups is 1. The predicted molar refractivity (Wildman–Crippen MR) is 85.4 cm³/mol. The molecule has 0 unspecified atom stereocenters. The summed E-state index contributed by atoms with van der Waals surface area (Å²) in [4.78, 5) is 0. The van der Waals surface area contributed by atoms with Crippen LogP contribution < -0.4 is 11.1 Å². The Kier molecular flexibility index (Phi) is 4.87.